The molecule has 0 saturated heterocycles. The van der Waals surface area contributed by atoms with Gasteiger partial charge in [0.25, 0.3) is 11.8 Å². The molecule has 0 bridgehead atoms. The van der Waals surface area contributed by atoms with Crippen molar-refractivity contribution >= 4 is 17.8 Å². The van der Waals surface area contributed by atoms with Gasteiger partial charge in [-0.25, -0.2) is 4.79 Å². The average Bonchev–Trinajstić information content (AvgIpc) is 2.96. The van der Waals surface area contributed by atoms with Crippen LogP contribution in [0.3, 0.4) is 0 Å². The average molecular weight is 380 g/mol. The van der Waals surface area contributed by atoms with Gasteiger partial charge in [-0.15, -0.1) is 0 Å². The molecular weight excluding hydrogens is 364 g/mol. The summed E-state index contributed by atoms with van der Waals surface area (Å²) in [5, 5.41) is 9.37. The quantitative estimate of drug-likeness (QED) is 0.536. The first kappa shape index (κ1) is 18.9. The second-order valence-electron chi connectivity index (χ2n) is 5.84. The van der Waals surface area contributed by atoms with Crippen molar-refractivity contribution < 1.29 is 28.7 Å². The lowest BCUT2D eigenvalue weighted by Gasteiger charge is -2.13. The van der Waals surface area contributed by atoms with Crippen LogP contribution in [0.2, 0.25) is 0 Å². The minimum absolute atomic E-state index is 0.0496. The first-order valence-electron chi connectivity index (χ1n) is 8.44. The molecule has 1 aliphatic heterocycles. The Balaban J connectivity index is 1.49. The number of nitrogens with zero attached hydrogens (tertiary/aromatic N) is 2. The number of hydroxylamine groups is 2. The third-order valence-electron chi connectivity index (χ3n) is 4.03. The van der Waals surface area contributed by atoms with Gasteiger partial charge in [-0.3, -0.25) is 9.59 Å². The number of rotatable bonds is 7. The molecule has 0 aliphatic carbocycles. The highest BCUT2D eigenvalue weighted by atomic mass is 16.7. The van der Waals surface area contributed by atoms with Gasteiger partial charge < -0.3 is 14.3 Å². The Labute approximate surface area is 160 Å². The molecule has 0 saturated carbocycles. The molecule has 28 heavy (non-hydrogen) atoms. The number of carbonyl (C=O) groups is 3. The lowest BCUT2D eigenvalue weighted by molar-refractivity contribution is -0.168. The maximum atomic E-state index is 12.1. The molecule has 2 aromatic rings. The zero-order valence-corrected chi connectivity index (χ0v) is 15.0. The fourth-order valence-corrected chi connectivity index (χ4v) is 2.65. The van der Waals surface area contributed by atoms with Gasteiger partial charge in [0.1, 0.15) is 0 Å². The fraction of sp³-hybridized carbons (Fsp3) is 0.200. The molecule has 0 aromatic heterocycles. The van der Waals surface area contributed by atoms with E-state index in [9.17, 15) is 14.4 Å². The maximum absolute atomic E-state index is 12.1. The number of hydrogen-bond acceptors (Lipinski definition) is 7. The predicted octanol–water partition coefficient (Wildman–Crippen LogP) is 2.48. The zero-order valence-electron chi connectivity index (χ0n) is 15.0. The van der Waals surface area contributed by atoms with E-state index in [2.05, 4.69) is 0 Å². The maximum Gasteiger partial charge on any atom is 0.333 e. The summed E-state index contributed by atoms with van der Waals surface area (Å²) in [7, 11) is 1.46. The molecule has 2 amide bonds. The molecule has 8 heteroatoms. The molecule has 3 rings (SSSR count). The smallest absolute Gasteiger partial charge is 0.333 e. The molecular formula is C20H16N2O6. The number of imide groups is 1. The van der Waals surface area contributed by atoms with Gasteiger partial charge in [-0.2, -0.15) is 5.26 Å². The van der Waals surface area contributed by atoms with E-state index in [4.69, 9.17) is 19.6 Å². The first-order valence-corrected chi connectivity index (χ1v) is 8.44. The Morgan fingerprint density at radius 3 is 2.36 bits per heavy atom. The summed E-state index contributed by atoms with van der Waals surface area (Å²) in [6, 6.07) is 13.0. The summed E-state index contributed by atoms with van der Waals surface area (Å²) in [5.41, 5.74) is 0.849. The standard InChI is InChI=1S/C20H16N2O6/c1-26-17-11-13(12-21)8-9-16(17)27-10-4-7-18(23)28-22-19(24)14-5-2-3-6-15(14)20(22)25/h2-3,5-6,8-9,11H,4,7,10H2,1H3. The zero-order chi connectivity index (χ0) is 20.1. The number of nitriles is 1. The molecule has 0 fully saturated rings. The summed E-state index contributed by atoms with van der Waals surface area (Å²) >= 11 is 0. The van der Waals surface area contributed by atoms with Crippen LogP contribution in [0.5, 0.6) is 11.5 Å². The van der Waals surface area contributed by atoms with Crippen molar-refractivity contribution in [3.63, 3.8) is 0 Å². The van der Waals surface area contributed by atoms with Crippen LogP contribution in [-0.4, -0.2) is 36.6 Å². The van der Waals surface area contributed by atoms with E-state index in [-0.39, 0.29) is 24.2 Å². The number of carbonyl (C=O) groups excluding carboxylic acids is 3. The topological polar surface area (TPSA) is 106 Å². The van der Waals surface area contributed by atoms with E-state index in [1.54, 1.807) is 30.3 Å². The molecule has 142 valence electrons. The SMILES string of the molecule is COc1cc(C#N)ccc1OCCCC(=O)ON1C(=O)c2ccccc2C1=O. The largest absolute Gasteiger partial charge is 0.493 e. The van der Waals surface area contributed by atoms with Gasteiger partial charge in [0.05, 0.1) is 42.9 Å². The third kappa shape index (κ3) is 3.78. The van der Waals surface area contributed by atoms with Crippen molar-refractivity contribution in [2.45, 2.75) is 12.8 Å². The number of ether oxygens (including phenoxy) is 2. The monoisotopic (exact) mass is 380 g/mol. The summed E-state index contributed by atoms with van der Waals surface area (Å²) in [6.07, 6.45) is 0.247. The van der Waals surface area contributed by atoms with E-state index in [0.29, 0.717) is 28.5 Å². The number of fused-ring (bicyclic) bond motifs is 1. The summed E-state index contributed by atoms with van der Waals surface area (Å²) < 4.78 is 10.7. The Morgan fingerprint density at radius 2 is 1.75 bits per heavy atom. The van der Waals surface area contributed by atoms with E-state index < -0.39 is 17.8 Å². The first-order chi connectivity index (χ1) is 13.5. The molecule has 0 radical (unpaired) electrons. The van der Waals surface area contributed by atoms with Crippen LogP contribution >= 0.6 is 0 Å². The van der Waals surface area contributed by atoms with Gasteiger partial charge in [0.15, 0.2) is 11.5 Å². The number of methoxy groups -OCH3 is 1. The summed E-state index contributed by atoms with van der Waals surface area (Å²) in [4.78, 5) is 41.2. The number of hydrogen-bond donors (Lipinski definition) is 0. The highest BCUT2D eigenvalue weighted by molar-refractivity contribution is 6.20. The number of benzene rings is 2. The van der Waals surface area contributed by atoms with Crippen molar-refractivity contribution in [1.82, 2.24) is 5.06 Å². The van der Waals surface area contributed by atoms with Crippen LogP contribution in [0, 0.1) is 11.3 Å². The van der Waals surface area contributed by atoms with Crippen LogP contribution in [0.4, 0.5) is 0 Å². The molecule has 2 aromatic carbocycles. The predicted molar refractivity (Wildman–Crippen MR) is 95.5 cm³/mol. The van der Waals surface area contributed by atoms with Gasteiger partial charge in [-0.1, -0.05) is 17.2 Å². The molecule has 1 aliphatic rings. The Morgan fingerprint density at radius 1 is 1.07 bits per heavy atom. The fourth-order valence-electron chi connectivity index (χ4n) is 2.65. The molecule has 0 unspecified atom stereocenters. The van der Waals surface area contributed by atoms with E-state index >= 15 is 0 Å². The van der Waals surface area contributed by atoms with Crippen molar-refractivity contribution in [1.29, 1.82) is 5.26 Å². The van der Waals surface area contributed by atoms with Crippen molar-refractivity contribution in [2.75, 3.05) is 13.7 Å². The third-order valence-corrected chi connectivity index (χ3v) is 4.03. The normalized spacial score (nSPS) is 12.4. The van der Waals surface area contributed by atoms with Gasteiger partial charge in [0.2, 0.25) is 0 Å². The number of amides is 2. The van der Waals surface area contributed by atoms with Gasteiger partial charge in [-0.05, 0) is 30.7 Å². The summed E-state index contributed by atoms with van der Waals surface area (Å²) in [5.74, 6) is -1.19. The van der Waals surface area contributed by atoms with Crippen LogP contribution in [0.1, 0.15) is 39.1 Å². The van der Waals surface area contributed by atoms with Crippen molar-refractivity contribution in [3.05, 3.63) is 59.2 Å². The van der Waals surface area contributed by atoms with Crippen LogP contribution in [-0.2, 0) is 9.63 Å². The summed E-state index contributed by atoms with van der Waals surface area (Å²) in [6.45, 7) is 0.180. The van der Waals surface area contributed by atoms with Crippen molar-refractivity contribution in [3.8, 4) is 17.6 Å². The Bertz CT molecular complexity index is 944. The molecule has 8 nitrogen and oxygen atoms in total. The second-order valence-corrected chi connectivity index (χ2v) is 5.84. The molecule has 0 N–H and O–H groups in total. The van der Waals surface area contributed by atoms with E-state index in [1.807, 2.05) is 6.07 Å². The van der Waals surface area contributed by atoms with Crippen LogP contribution in [0.15, 0.2) is 42.5 Å². The highest BCUT2D eigenvalue weighted by Crippen LogP contribution is 2.28. The van der Waals surface area contributed by atoms with Gasteiger partial charge in [0, 0.05) is 6.07 Å². The van der Waals surface area contributed by atoms with E-state index in [0.717, 1.165) is 0 Å². The van der Waals surface area contributed by atoms with Gasteiger partial charge >= 0.3 is 5.97 Å². The molecule has 0 atom stereocenters. The van der Waals surface area contributed by atoms with Crippen LogP contribution in [0.25, 0.3) is 0 Å². The van der Waals surface area contributed by atoms with E-state index in [1.165, 1.54) is 19.2 Å². The molecule has 1 heterocycles. The second kappa shape index (κ2) is 8.22. The van der Waals surface area contributed by atoms with Crippen molar-refractivity contribution in [2.24, 2.45) is 0 Å². The Kier molecular flexibility index (Phi) is 5.56. The van der Waals surface area contributed by atoms with Crippen LogP contribution < -0.4 is 9.47 Å². The minimum Gasteiger partial charge on any atom is -0.493 e. The lowest BCUT2D eigenvalue weighted by Crippen LogP contribution is -2.32. The highest BCUT2D eigenvalue weighted by Gasteiger charge is 2.38. The lowest BCUT2D eigenvalue weighted by atomic mass is 10.1. The molecule has 0 spiro atoms. The Hall–Kier alpha value is -3.86. The minimum atomic E-state index is -0.718.